The minimum absolute atomic E-state index is 0.110. The van der Waals surface area contributed by atoms with E-state index in [2.05, 4.69) is 25.8 Å². The third kappa shape index (κ3) is 4.75. The van der Waals surface area contributed by atoms with Crippen LogP contribution < -0.4 is 10.6 Å². The monoisotopic (exact) mass is 357 g/mol. The summed E-state index contributed by atoms with van der Waals surface area (Å²) in [4.78, 5) is 27.5. The topological polar surface area (TPSA) is 96.9 Å². The number of hydrogen-bond donors (Lipinski definition) is 2. The summed E-state index contributed by atoms with van der Waals surface area (Å²) in [5.74, 6) is -0.224. The van der Waals surface area contributed by atoms with Crippen molar-refractivity contribution < 1.29 is 9.59 Å². The number of thiazole rings is 1. The molecule has 0 saturated heterocycles. The normalized spacial score (nSPS) is 11.9. The summed E-state index contributed by atoms with van der Waals surface area (Å²) in [5.41, 5.74) is 0. The summed E-state index contributed by atoms with van der Waals surface area (Å²) in [6.07, 6.45) is 2.68. The molecule has 2 aromatic heterocycles. The standard InChI is InChI=1S/C12H15N5O2S3/c1-3-7(9(19)15-10-13-5-6-20-10)21-12-17-16-11(22-12)14-8(18)4-2/h5-7H,3-4H2,1-2H3,(H,13,15,19)(H,14,16,18)/t7-/m0/s1. The van der Waals surface area contributed by atoms with E-state index in [-0.39, 0.29) is 17.1 Å². The lowest BCUT2D eigenvalue weighted by Gasteiger charge is -2.11. The fourth-order valence-corrected chi connectivity index (χ4v) is 3.90. The third-order valence-electron chi connectivity index (χ3n) is 2.54. The maximum atomic E-state index is 12.2. The van der Waals surface area contributed by atoms with E-state index in [4.69, 9.17) is 0 Å². The Labute approximate surface area is 139 Å². The summed E-state index contributed by atoms with van der Waals surface area (Å²) in [7, 11) is 0. The average Bonchev–Trinajstić information content (AvgIpc) is 3.16. The molecule has 118 valence electrons. The quantitative estimate of drug-likeness (QED) is 0.584. The van der Waals surface area contributed by atoms with Gasteiger partial charge in [-0.1, -0.05) is 36.9 Å². The van der Waals surface area contributed by atoms with Gasteiger partial charge in [-0.3, -0.25) is 9.59 Å². The molecule has 0 spiro atoms. The fourth-order valence-electron chi connectivity index (χ4n) is 1.43. The highest BCUT2D eigenvalue weighted by Crippen LogP contribution is 2.31. The highest BCUT2D eigenvalue weighted by atomic mass is 32.2. The first-order chi connectivity index (χ1) is 10.6. The first-order valence-electron chi connectivity index (χ1n) is 6.62. The van der Waals surface area contributed by atoms with Gasteiger partial charge in [0.1, 0.15) is 0 Å². The molecule has 1 atom stereocenters. The van der Waals surface area contributed by atoms with E-state index in [1.54, 1.807) is 18.5 Å². The second-order valence-electron chi connectivity index (χ2n) is 4.12. The molecule has 0 unspecified atom stereocenters. The highest BCUT2D eigenvalue weighted by molar-refractivity contribution is 8.02. The van der Waals surface area contributed by atoms with Crippen LogP contribution in [0.1, 0.15) is 26.7 Å². The third-order valence-corrected chi connectivity index (χ3v) is 5.52. The molecular formula is C12H15N5O2S3. The molecule has 2 aromatic rings. The van der Waals surface area contributed by atoms with Gasteiger partial charge >= 0.3 is 0 Å². The molecular weight excluding hydrogens is 342 g/mol. The van der Waals surface area contributed by atoms with Crippen molar-refractivity contribution in [1.29, 1.82) is 0 Å². The Bertz CT molecular complexity index is 629. The summed E-state index contributed by atoms with van der Waals surface area (Å²) in [6.45, 7) is 3.70. The zero-order valence-electron chi connectivity index (χ0n) is 12.0. The molecule has 7 nitrogen and oxygen atoms in total. The van der Waals surface area contributed by atoms with Crippen molar-refractivity contribution in [2.45, 2.75) is 36.3 Å². The van der Waals surface area contributed by atoms with Gasteiger partial charge in [-0.25, -0.2) is 4.98 Å². The molecule has 0 aliphatic carbocycles. The van der Waals surface area contributed by atoms with Crippen LogP contribution in [0.2, 0.25) is 0 Å². The number of thioether (sulfide) groups is 1. The van der Waals surface area contributed by atoms with Crippen LogP contribution in [0.15, 0.2) is 15.9 Å². The van der Waals surface area contributed by atoms with Crippen LogP contribution in [0.3, 0.4) is 0 Å². The summed E-state index contributed by atoms with van der Waals surface area (Å²) in [6, 6.07) is 0. The Kier molecular flexibility index (Phi) is 6.28. The van der Waals surface area contributed by atoms with Crippen LogP contribution >= 0.6 is 34.4 Å². The summed E-state index contributed by atoms with van der Waals surface area (Å²) in [5, 5.41) is 15.9. The second kappa shape index (κ2) is 8.20. The van der Waals surface area contributed by atoms with Gasteiger partial charge in [0, 0.05) is 18.0 Å². The van der Waals surface area contributed by atoms with E-state index in [0.29, 0.717) is 27.4 Å². The van der Waals surface area contributed by atoms with Crippen molar-refractivity contribution in [3.63, 3.8) is 0 Å². The van der Waals surface area contributed by atoms with Crippen molar-refractivity contribution in [3.05, 3.63) is 11.6 Å². The molecule has 10 heteroatoms. The number of nitrogens with one attached hydrogen (secondary N) is 2. The van der Waals surface area contributed by atoms with Gasteiger partial charge in [0.25, 0.3) is 0 Å². The number of carbonyl (C=O) groups excluding carboxylic acids is 2. The molecule has 2 rings (SSSR count). The molecule has 0 aromatic carbocycles. The van der Waals surface area contributed by atoms with Gasteiger partial charge in [0.2, 0.25) is 16.9 Å². The van der Waals surface area contributed by atoms with Crippen LogP contribution in [0, 0.1) is 0 Å². The van der Waals surface area contributed by atoms with Gasteiger partial charge in [0.05, 0.1) is 5.25 Å². The molecule has 2 amide bonds. The number of amides is 2. The van der Waals surface area contributed by atoms with Crippen molar-refractivity contribution in [1.82, 2.24) is 15.2 Å². The smallest absolute Gasteiger partial charge is 0.239 e. The SMILES string of the molecule is CCC(=O)Nc1nnc(S[C@@H](CC)C(=O)Nc2nccs2)s1. The largest absolute Gasteiger partial charge is 0.301 e. The van der Waals surface area contributed by atoms with Gasteiger partial charge < -0.3 is 10.6 Å². The van der Waals surface area contributed by atoms with E-state index < -0.39 is 0 Å². The van der Waals surface area contributed by atoms with Crippen LogP contribution in [0.25, 0.3) is 0 Å². The van der Waals surface area contributed by atoms with Crippen LogP contribution in [-0.2, 0) is 9.59 Å². The Morgan fingerprint density at radius 2 is 2.09 bits per heavy atom. The molecule has 0 bridgehead atoms. The van der Waals surface area contributed by atoms with E-state index in [1.807, 2.05) is 6.92 Å². The molecule has 0 radical (unpaired) electrons. The minimum atomic E-state index is -0.286. The highest BCUT2D eigenvalue weighted by Gasteiger charge is 2.21. The van der Waals surface area contributed by atoms with E-state index in [1.165, 1.54) is 34.4 Å². The van der Waals surface area contributed by atoms with Gasteiger partial charge in [-0.2, -0.15) is 0 Å². The lowest BCUT2D eigenvalue weighted by molar-refractivity contribution is -0.116. The Hall–Kier alpha value is -1.52. The Morgan fingerprint density at radius 3 is 2.73 bits per heavy atom. The summed E-state index contributed by atoms with van der Waals surface area (Å²) >= 11 is 3.97. The van der Waals surface area contributed by atoms with Gasteiger partial charge in [-0.05, 0) is 6.42 Å². The Balaban J connectivity index is 1.95. The van der Waals surface area contributed by atoms with E-state index >= 15 is 0 Å². The predicted molar refractivity (Wildman–Crippen MR) is 89.5 cm³/mol. The maximum absolute atomic E-state index is 12.2. The predicted octanol–water partition coefficient (Wildman–Crippen LogP) is 2.85. The molecule has 0 aliphatic rings. The van der Waals surface area contributed by atoms with Gasteiger partial charge in [-0.15, -0.1) is 21.5 Å². The molecule has 0 fully saturated rings. The number of rotatable bonds is 7. The molecule has 0 aliphatic heterocycles. The number of nitrogens with zero attached hydrogens (tertiary/aromatic N) is 3. The molecule has 0 saturated carbocycles. The maximum Gasteiger partial charge on any atom is 0.239 e. The average molecular weight is 357 g/mol. The molecule has 22 heavy (non-hydrogen) atoms. The number of hydrogen-bond acceptors (Lipinski definition) is 8. The summed E-state index contributed by atoms with van der Waals surface area (Å²) < 4.78 is 0.646. The molecule has 2 N–H and O–H groups in total. The fraction of sp³-hybridized carbons (Fsp3) is 0.417. The van der Waals surface area contributed by atoms with Crippen molar-refractivity contribution >= 4 is 56.5 Å². The van der Waals surface area contributed by atoms with Crippen molar-refractivity contribution in [2.24, 2.45) is 0 Å². The zero-order chi connectivity index (χ0) is 15.9. The first kappa shape index (κ1) is 16.8. The first-order valence-corrected chi connectivity index (χ1v) is 9.20. The molecule has 2 heterocycles. The van der Waals surface area contributed by atoms with Crippen LogP contribution in [0.4, 0.5) is 10.3 Å². The lowest BCUT2D eigenvalue weighted by Crippen LogP contribution is -2.24. The minimum Gasteiger partial charge on any atom is -0.301 e. The van der Waals surface area contributed by atoms with Crippen LogP contribution in [0.5, 0.6) is 0 Å². The second-order valence-corrected chi connectivity index (χ2v) is 7.44. The van der Waals surface area contributed by atoms with Crippen molar-refractivity contribution in [3.8, 4) is 0 Å². The van der Waals surface area contributed by atoms with E-state index in [9.17, 15) is 9.59 Å². The number of anilines is 2. The van der Waals surface area contributed by atoms with Crippen LogP contribution in [-0.4, -0.2) is 32.2 Å². The van der Waals surface area contributed by atoms with Crippen molar-refractivity contribution in [2.75, 3.05) is 10.6 Å². The number of aromatic nitrogens is 3. The zero-order valence-corrected chi connectivity index (χ0v) is 14.5. The Morgan fingerprint density at radius 1 is 1.27 bits per heavy atom. The lowest BCUT2D eigenvalue weighted by atomic mass is 10.3. The number of carbonyl (C=O) groups is 2. The van der Waals surface area contributed by atoms with Gasteiger partial charge in [0.15, 0.2) is 9.47 Å². The van der Waals surface area contributed by atoms with E-state index in [0.717, 1.165) is 0 Å².